The van der Waals surface area contributed by atoms with Crippen LogP contribution in [0.15, 0.2) is 54.6 Å². The molecule has 0 aromatic heterocycles. The van der Waals surface area contributed by atoms with Gasteiger partial charge in [0.2, 0.25) is 0 Å². The zero-order chi connectivity index (χ0) is 14.8. The molecule has 3 aromatic rings. The molecule has 0 radical (unpaired) electrons. The molecule has 0 aliphatic carbocycles. The SMILES string of the molecule is COc1ccc(Oc2ccc(Cl)c3ccccc23)c(N)c1. The van der Waals surface area contributed by atoms with Gasteiger partial charge in [0.25, 0.3) is 0 Å². The number of benzene rings is 3. The molecule has 3 rings (SSSR count). The summed E-state index contributed by atoms with van der Waals surface area (Å²) in [5.74, 6) is 2.00. The van der Waals surface area contributed by atoms with Crippen molar-refractivity contribution in [2.45, 2.75) is 0 Å². The molecule has 0 fully saturated rings. The predicted molar refractivity (Wildman–Crippen MR) is 86.4 cm³/mol. The van der Waals surface area contributed by atoms with E-state index in [1.165, 1.54) is 0 Å². The summed E-state index contributed by atoms with van der Waals surface area (Å²) in [6, 6.07) is 16.8. The molecule has 0 aliphatic rings. The number of hydrogen-bond donors (Lipinski definition) is 1. The molecule has 2 N–H and O–H groups in total. The molecule has 21 heavy (non-hydrogen) atoms. The lowest BCUT2D eigenvalue weighted by molar-refractivity contribution is 0.413. The third kappa shape index (κ3) is 2.60. The number of fused-ring (bicyclic) bond motifs is 1. The van der Waals surface area contributed by atoms with E-state index in [-0.39, 0.29) is 0 Å². The summed E-state index contributed by atoms with van der Waals surface area (Å²) in [4.78, 5) is 0. The molecule has 0 heterocycles. The van der Waals surface area contributed by atoms with E-state index in [0.29, 0.717) is 28.0 Å². The van der Waals surface area contributed by atoms with Crippen LogP contribution in [0.3, 0.4) is 0 Å². The molecule has 0 saturated carbocycles. The smallest absolute Gasteiger partial charge is 0.150 e. The first-order valence-corrected chi connectivity index (χ1v) is 6.85. The number of halogens is 1. The summed E-state index contributed by atoms with van der Waals surface area (Å²) in [6.45, 7) is 0. The van der Waals surface area contributed by atoms with Gasteiger partial charge < -0.3 is 15.2 Å². The number of ether oxygens (including phenoxy) is 2. The van der Waals surface area contributed by atoms with Crippen molar-refractivity contribution in [3.8, 4) is 17.2 Å². The Morgan fingerprint density at radius 1 is 0.905 bits per heavy atom. The Morgan fingerprint density at radius 3 is 2.33 bits per heavy atom. The van der Waals surface area contributed by atoms with Gasteiger partial charge in [-0.15, -0.1) is 0 Å². The Morgan fingerprint density at radius 2 is 1.62 bits per heavy atom. The second kappa shape index (κ2) is 5.54. The fourth-order valence-electron chi connectivity index (χ4n) is 2.19. The van der Waals surface area contributed by atoms with Gasteiger partial charge in [-0.25, -0.2) is 0 Å². The van der Waals surface area contributed by atoms with Gasteiger partial charge in [-0.1, -0.05) is 35.9 Å². The van der Waals surface area contributed by atoms with Crippen molar-refractivity contribution >= 4 is 28.1 Å². The maximum atomic E-state index is 6.21. The van der Waals surface area contributed by atoms with Gasteiger partial charge in [-0.2, -0.15) is 0 Å². The van der Waals surface area contributed by atoms with Crippen LogP contribution in [0.2, 0.25) is 5.02 Å². The molecule has 0 atom stereocenters. The van der Waals surface area contributed by atoms with Gasteiger partial charge in [0, 0.05) is 21.9 Å². The molecular formula is C17H14ClNO2. The Balaban J connectivity index is 2.04. The lowest BCUT2D eigenvalue weighted by Crippen LogP contribution is -1.94. The van der Waals surface area contributed by atoms with Crippen LogP contribution < -0.4 is 15.2 Å². The summed E-state index contributed by atoms with van der Waals surface area (Å²) >= 11 is 6.21. The molecule has 0 unspecified atom stereocenters. The standard InChI is InChI=1S/C17H14ClNO2/c1-20-11-6-8-17(15(19)10-11)21-16-9-7-14(18)12-4-2-3-5-13(12)16/h2-10H,19H2,1H3. The minimum atomic E-state index is 0.522. The lowest BCUT2D eigenvalue weighted by atomic mass is 10.1. The number of anilines is 1. The van der Waals surface area contributed by atoms with Crippen molar-refractivity contribution in [3.05, 3.63) is 59.6 Å². The van der Waals surface area contributed by atoms with E-state index in [2.05, 4.69) is 0 Å². The van der Waals surface area contributed by atoms with Crippen molar-refractivity contribution in [3.63, 3.8) is 0 Å². The van der Waals surface area contributed by atoms with Gasteiger partial charge in [0.05, 0.1) is 12.8 Å². The minimum Gasteiger partial charge on any atom is -0.497 e. The highest BCUT2D eigenvalue weighted by Gasteiger charge is 2.09. The first-order chi connectivity index (χ1) is 10.2. The first-order valence-electron chi connectivity index (χ1n) is 6.47. The molecule has 106 valence electrons. The van der Waals surface area contributed by atoms with Crippen LogP contribution in [0, 0.1) is 0 Å². The molecule has 0 spiro atoms. The van der Waals surface area contributed by atoms with Crippen LogP contribution in [-0.2, 0) is 0 Å². The van der Waals surface area contributed by atoms with E-state index in [1.54, 1.807) is 19.2 Å². The summed E-state index contributed by atoms with van der Waals surface area (Å²) in [7, 11) is 1.60. The summed E-state index contributed by atoms with van der Waals surface area (Å²) in [5.41, 5.74) is 6.51. The van der Waals surface area contributed by atoms with E-state index in [1.807, 2.05) is 42.5 Å². The van der Waals surface area contributed by atoms with Crippen LogP contribution in [0.4, 0.5) is 5.69 Å². The second-order valence-corrected chi connectivity index (χ2v) is 5.00. The Kier molecular flexibility index (Phi) is 3.59. The molecule has 0 bridgehead atoms. The highest BCUT2D eigenvalue weighted by atomic mass is 35.5. The van der Waals surface area contributed by atoms with E-state index < -0.39 is 0 Å². The van der Waals surface area contributed by atoms with Crippen LogP contribution in [-0.4, -0.2) is 7.11 Å². The van der Waals surface area contributed by atoms with Gasteiger partial charge >= 0.3 is 0 Å². The topological polar surface area (TPSA) is 44.5 Å². The molecule has 4 heteroatoms. The summed E-state index contributed by atoms with van der Waals surface area (Å²) < 4.78 is 11.1. The maximum Gasteiger partial charge on any atom is 0.150 e. The van der Waals surface area contributed by atoms with Crippen LogP contribution >= 0.6 is 11.6 Å². The first kappa shape index (κ1) is 13.6. The Labute approximate surface area is 127 Å². The second-order valence-electron chi connectivity index (χ2n) is 4.60. The molecule has 3 aromatic carbocycles. The van der Waals surface area contributed by atoms with Crippen molar-refractivity contribution in [2.75, 3.05) is 12.8 Å². The van der Waals surface area contributed by atoms with E-state index in [0.717, 1.165) is 10.8 Å². The number of nitrogens with two attached hydrogens (primary N) is 1. The largest absolute Gasteiger partial charge is 0.497 e. The molecule has 0 aliphatic heterocycles. The fourth-order valence-corrected chi connectivity index (χ4v) is 2.42. The highest BCUT2D eigenvalue weighted by Crippen LogP contribution is 2.36. The fraction of sp³-hybridized carbons (Fsp3) is 0.0588. The number of nitrogen functional groups attached to an aromatic ring is 1. The zero-order valence-corrected chi connectivity index (χ0v) is 12.2. The summed E-state index contributed by atoms with van der Waals surface area (Å²) in [6.07, 6.45) is 0. The minimum absolute atomic E-state index is 0.522. The molecule has 3 nitrogen and oxygen atoms in total. The van der Waals surface area contributed by atoms with Crippen LogP contribution in [0.25, 0.3) is 10.8 Å². The van der Waals surface area contributed by atoms with E-state index in [4.69, 9.17) is 26.8 Å². The Hall–Kier alpha value is -2.39. The third-order valence-corrected chi connectivity index (χ3v) is 3.60. The van der Waals surface area contributed by atoms with Crippen molar-refractivity contribution in [1.82, 2.24) is 0 Å². The highest BCUT2D eigenvalue weighted by molar-refractivity contribution is 6.35. The van der Waals surface area contributed by atoms with Gasteiger partial charge in [0.15, 0.2) is 5.75 Å². The normalized spacial score (nSPS) is 10.6. The van der Waals surface area contributed by atoms with E-state index in [9.17, 15) is 0 Å². The third-order valence-electron chi connectivity index (χ3n) is 3.27. The predicted octanol–water partition coefficient (Wildman–Crippen LogP) is 4.88. The molecule has 0 saturated heterocycles. The van der Waals surface area contributed by atoms with Crippen molar-refractivity contribution in [1.29, 1.82) is 0 Å². The lowest BCUT2D eigenvalue weighted by Gasteiger charge is -2.12. The van der Waals surface area contributed by atoms with Crippen molar-refractivity contribution < 1.29 is 9.47 Å². The number of methoxy groups -OCH3 is 1. The van der Waals surface area contributed by atoms with Crippen LogP contribution in [0.1, 0.15) is 0 Å². The number of rotatable bonds is 3. The molecular weight excluding hydrogens is 286 g/mol. The molecule has 0 amide bonds. The Bertz CT molecular complexity index is 802. The van der Waals surface area contributed by atoms with Gasteiger partial charge in [0.1, 0.15) is 11.5 Å². The maximum absolute atomic E-state index is 6.21. The average Bonchev–Trinajstić information content (AvgIpc) is 2.52. The quantitative estimate of drug-likeness (QED) is 0.701. The van der Waals surface area contributed by atoms with Crippen LogP contribution in [0.5, 0.6) is 17.2 Å². The zero-order valence-electron chi connectivity index (χ0n) is 11.5. The monoisotopic (exact) mass is 299 g/mol. The number of hydrogen-bond acceptors (Lipinski definition) is 3. The van der Waals surface area contributed by atoms with E-state index >= 15 is 0 Å². The average molecular weight is 300 g/mol. The van der Waals surface area contributed by atoms with Gasteiger partial charge in [-0.05, 0) is 24.3 Å². The van der Waals surface area contributed by atoms with Gasteiger partial charge in [-0.3, -0.25) is 0 Å². The van der Waals surface area contributed by atoms with Crippen molar-refractivity contribution in [2.24, 2.45) is 0 Å². The summed E-state index contributed by atoms with van der Waals surface area (Å²) in [5, 5.41) is 2.59.